The minimum absolute atomic E-state index is 0.0705. The van der Waals surface area contributed by atoms with Gasteiger partial charge < -0.3 is 10.1 Å². The molecule has 1 amide bonds. The molecule has 0 atom stereocenters. The Hall–Kier alpha value is -1.06. The molecule has 0 radical (unpaired) electrons. The fourth-order valence-electron chi connectivity index (χ4n) is 2.27. The molecule has 2 saturated carbocycles. The molecule has 2 fully saturated rings. The van der Waals surface area contributed by atoms with Crippen LogP contribution in [0.4, 0.5) is 0 Å². The largest absolute Gasteiger partial charge is 0.455 e. The number of ether oxygens (including phenoxy) is 1. The van der Waals surface area contributed by atoms with Gasteiger partial charge in [-0.3, -0.25) is 9.59 Å². The molecule has 0 bridgehead atoms. The third-order valence-corrected chi connectivity index (χ3v) is 3.57. The average molecular weight is 239 g/mol. The van der Waals surface area contributed by atoms with Gasteiger partial charge in [0, 0.05) is 6.54 Å². The molecule has 0 aromatic carbocycles. The Labute approximate surface area is 102 Å². The number of esters is 1. The Morgan fingerprint density at radius 3 is 2.41 bits per heavy atom. The lowest BCUT2D eigenvalue weighted by Gasteiger charge is -2.21. The third-order valence-electron chi connectivity index (χ3n) is 3.57. The first kappa shape index (κ1) is 12.4. The van der Waals surface area contributed by atoms with Gasteiger partial charge in [0.15, 0.2) is 6.61 Å². The van der Waals surface area contributed by atoms with Crippen molar-refractivity contribution in [2.45, 2.75) is 44.9 Å². The summed E-state index contributed by atoms with van der Waals surface area (Å²) in [7, 11) is 0. The van der Waals surface area contributed by atoms with Crippen molar-refractivity contribution in [3.05, 3.63) is 0 Å². The molecule has 17 heavy (non-hydrogen) atoms. The van der Waals surface area contributed by atoms with Crippen molar-refractivity contribution in [3.63, 3.8) is 0 Å². The first-order valence-corrected chi connectivity index (χ1v) is 6.69. The Balaban J connectivity index is 1.55. The highest BCUT2D eigenvalue weighted by Gasteiger charge is 2.31. The van der Waals surface area contributed by atoms with E-state index < -0.39 is 0 Å². The molecule has 4 heteroatoms. The van der Waals surface area contributed by atoms with Crippen LogP contribution < -0.4 is 5.32 Å². The van der Waals surface area contributed by atoms with Crippen LogP contribution in [0.5, 0.6) is 0 Å². The second-order valence-electron chi connectivity index (χ2n) is 5.19. The van der Waals surface area contributed by atoms with Crippen LogP contribution in [-0.2, 0) is 14.3 Å². The molecule has 4 nitrogen and oxygen atoms in total. The van der Waals surface area contributed by atoms with E-state index in [4.69, 9.17) is 4.74 Å². The van der Waals surface area contributed by atoms with Crippen LogP contribution in [0.3, 0.4) is 0 Å². The van der Waals surface area contributed by atoms with Gasteiger partial charge in [-0.2, -0.15) is 0 Å². The SMILES string of the molecule is O=C(COC(=O)C1CC1)NCC1CCCCC1. The van der Waals surface area contributed by atoms with Gasteiger partial charge in [0.05, 0.1) is 5.92 Å². The van der Waals surface area contributed by atoms with Gasteiger partial charge in [0.25, 0.3) is 5.91 Å². The topological polar surface area (TPSA) is 55.4 Å². The monoisotopic (exact) mass is 239 g/mol. The Kier molecular flexibility index (Phi) is 4.40. The number of hydrogen-bond acceptors (Lipinski definition) is 3. The van der Waals surface area contributed by atoms with Crippen LogP contribution in [0.25, 0.3) is 0 Å². The highest BCUT2D eigenvalue weighted by Crippen LogP contribution is 2.29. The van der Waals surface area contributed by atoms with E-state index in [1.165, 1.54) is 32.1 Å². The molecule has 0 aromatic heterocycles. The van der Waals surface area contributed by atoms with Gasteiger partial charge in [0.1, 0.15) is 0 Å². The van der Waals surface area contributed by atoms with Gasteiger partial charge in [-0.05, 0) is 31.6 Å². The first-order chi connectivity index (χ1) is 8.25. The van der Waals surface area contributed by atoms with Crippen molar-refractivity contribution in [2.24, 2.45) is 11.8 Å². The standard InChI is InChI=1S/C13H21NO3/c15-12(9-17-13(16)11-6-7-11)14-8-10-4-2-1-3-5-10/h10-11H,1-9H2,(H,14,15). The lowest BCUT2D eigenvalue weighted by molar-refractivity contribution is -0.149. The molecule has 2 rings (SSSR count). The van der Waals surface area contributed by atoms with Crippen LogP contribution in [0.15, 0.2) is 0 Å². The van der Waals surface area contributed by atoms with Crippen LogP contribution in [-0.4, -0.2) is 25.0 Å². The van der Waals surface area contributed by atoms with Crippen LogP contribution in [0.2, 0.25) is 0 Å². The van der Waals surface area contributed by atoms with E-state index in [1.54, 1.807) is 0 Å². The summed E-state index contributed by atoms with van der Waals surface area (Å²) in [6, 6.07) is 0. The fraction of sp³-hybridized carbons (Fsp3) is 0.846. The molecule has 2 aliphatic rings. The molecular formula is C13H21NO3. The summed E-state index contributed by atoms with van der Waals surface area (Å²) < 4.78 is 4.92. The van der Waals surface area contributed by atoms with E-state index in [2.05, 4.69) is 5.32 Å². The number of carbonyl (C=O) groups excluding carboxylic acids is 2. The number of hydrogen-bond donors (Lipinski definition) is 1. The molecule has 2 aliphatic carbocycles. The van der Waals surface area contributed by atoms with E-state index >= 15 is 0 Å². The predicted molar refractivity (Wildman–Crippen MR) is 63.3 cm³/mol. The smallest absolute Gasteiger partial charge is 0.309 e. The summed E-state index contributed by atoms with van der Waals surface area (Å²) in [5.74, 6) is 0.315. The molecule has 1 N–H and O–H groups in total. The Morgan fingerprint density at radius 1 is 1.06 bits per heavy atom. The van der Waals surface area contributed by atoms with Crippen molar-refractivity contribution in [1.29, 1.82) is 0 Å². The third kappa shape index (κ3) is 4.36. The lowest BCUT2D eigenvalue weighted by Crippen LogP contribution is -2.33. The van der Waals surface area contributed by atoms with Crippen LogP contribution >= 0.6 is 0 Å². The fourth-order valence-corrected chi connectivity index (χ4v) is 2.27. The zero-order valence-corrected chi connectivity index (χ0v) is 10.2. The minimum Gasteiger partial charge on any atom is -0.455 e. The molecule has 0 saturated heterocycles. The zero-order chi connectivity index (χ0) is 12.1. The van der Waals surface area contributed by atoms with Crippen molar-refractivity contribution in [2.75, 3.05) is 13.2 Å². The van der Waals surface area contributed by atoms with E-state index in [0.717, 1.165) is 19.4 Å². The lowest BCUT2D eigenvalue weighted by atomic mass is 9.89. The summed E-state index contributed by atoms with van der Waals surface area (Å²) in [4.78, 5) is 22.7. The Morgan fingerprint density at radius 2 is 1.76 bits per heavy atom. The van der Waals surface area contributed by atoms with Gasteiger partial charge in [-0.1, -0.05) is 19.3 Å². The van der Waals surface area contributed by atoms with Gasteiger partial charge in [-0.25, -0.2) is 0 Å². The summed E-state index contributed by atoms with van der Waals surface area (Å²) >= 11 is 0. The summed E-state index contributed by atoms with van der Waals surface area (Å²) in [6.45, 7) is 0.627. The summed E-state index contributed by atoms with van der Waals surface area (Å²) in [6.07, 6.45) is 8.13. The second-order valence-corrected chi connectivity index (χ2v) is 5.19. The number of rotatable bonds is 5. The maximum absolute atomic E-state index is 11.4. The molecule has 96 valence electrons. The van der Waals surface area contributed by atoms with Crippen LogP contribution in [0.1, 0.15) is 44.9 Å². The minimum atomic E-state index is -0.210. The molecule has 0 spiro atoms. The van der Waals surface area contributed by atoms with Gasteiger partial charge in [-0.15, -0.1) is 0 Å². The summed E-state index contributed by atoms with van der Waals surface area (Å²) in [5, 5.41) is 2.85. The van der Waals surface area contributed by atoms with Gasteiger partial charge >= 0.3 is 5.97 Å². The van der Waals surface area contributed by atoms with E-state index in [-0.39, 0.29) is 24.4 Å². The molecule has 0 aromatic rings. The maximum atomic E-state index is 11.4. The van der Waals surface area contributed by atoms with Crippen molar-refractivity contribution < 1.29 is 14.3 Å². The normalized spacial score (nSPS) is 20.9. The van der Waals surface area contributed by atoms with E-state index in [1.807, 2.05) is 0 Å². The number of amides is 1. The molecule has 0 unspecified atom stereocenters. The van der Waals surface area contributed by atoms with Gasteiger partial charge in [0.2, 0.25) is 0 Å². The second kappa shape index (κ2) is 6.03. The van der Waals surface area contributed by atoms with E-state index in [0.29, 0.717) is 5.92 Å². The molecule has 0 aliphatic heterocycles. The van der Waals surface area contributed by atoms with Crippen molar-refractivity contribution >= 4 is 11.9 Å². The maximum Gasteiger partial charge on any atom is 0.309 e. The number of carbonyl (C=O) groups is 2. The first-order valence-electron chi connectivity index (χ1n) is 6.69. The number of nitrogens with one attached hydrogen (secondary N) is 1. The summed E-state index contributed by atoms with van der Waals surface area (Å²) in [5.41, 5.74) is 0. The van der Waals surface area contributed by atoms with Crippen LogP contribution in [0, 0.1) is 11.8 Å². The zero-order valence-electron chi connectivity index (χ0n) is 10.2. The highest BCUT2D eigenvalue weighted by atomic mass is 16.5. The van der Waals surface area contributed by atoms with Crippen molar-refractivity contribution in [1.82, 2.24) is 5.32 Å². The predicted octanol–water partition coefficient (Wildman–Crippen LogP) is 1.64. The quantitative estimate of drug-likeness (QED) is 0.742. The molecule has 0 heterocycles. The average Bonchev–Trinajstić information content (AvgIpc) is 3.19. The van der Waals surface area contributed by atoms with Crippen molar-refractivity contribution in [3.8, 4) is 0 Å². The molecular weight excluding hydrogens is 218 g/mol. The van der Waals surface area contributed by atoms with E-state index in [9.17, 15) is 9.59 Å². The highest BCUT2D eigenvalue weighted by molar-refractivity contribution is 5.81. The Bertz CT molecular complexity index is 280.